The molecule has 4 N–H and O–H groups in total. The number of nitrogens with two attached hydrogens (primary N) is 1. The third-order valence-corrected chi connectivity index (χ3v) is 4.05. The van der Waals surface area contributed by atoms with Gasteiger partial charge in [-0.1, -0.05) is 19.3 Å². The summed E-state index contributed by atoms with van der Waals surface area (Å²) in [4.78, 5) is 35.7. The van der Waals surface area contributed by atoms with E-state index in [9.17, 15) is 14.4 Å². The summed E-state index contributed by atoms with van der Waals surface area (Å²) in [6.45, 7) is 1.50. The molecule has 1 fully saturated rings. The first-order valence-corrected chi connectivity index (χ1v) is 6.84. The van der Waals surface area contributed by atoms with Gasteiger partial charge in [-0.25, -0.2) is 4.79 Å². The Morgan fingerprint density at radius 2 is 1.85 bits per heavy atom. The number of carboxylic acids is 1. The van der Waals surface area contributed by atoms with Crippen molar-refractivity contribution in [3.05, 3.63) is 0 Å². The highest BCUT2D eigenvalue weighted by Gasteiger charge is 2.40. The lowest BCUT2D eigenvalue weighted by molar-refractivity contribution is -0.140. The van der Waals surface area contributed by atoms with E-state index >= 15 is 0 Å². The highest BCUT2D eigenvalue weighted by Crippen LogP contribution is 2.35. The Morgan fingerprint density at radius 3 is 2.30 bits per heavy atom. The minimum atomic E-state index is -0.922. The molecule has 0 radical (unpaired) electrons. The van der Waals surface area contributed by atoms with Crippen LogP contribution in [0.5, 0.6) is 0 Å². The van der Waals surface area contributed by atoms with Crippen molar-refractivity contribution in [2.24, 2.45) is 5.73 Å². The number of nitrogens with one attached hydrogen (secondary N) is 1. The summed E-state index contributed by atoms with van der Waals surface area (Å²) in [5.74, 6) is -1.54. The molecule has 114 valence electrons. The van der Waals surface area contributed by atoms with Gasteiger partial charge in [-0.3, -0.25) is 9.59 Å². The molecule has 7 nitrogen and oxygen atoms in total. The van der Waals surface area contributed by atoms with E-state index in [2.05, 4.69) is 5.32 Å². The zero-order valence-electron chi connectivity index (χ0n) is 12.0. The fourth-order valence-corrected chi connectivity index (χ4v) is 2.69. The molecule has 1 aliphatic rings. The van der Waals surface area contributed by atoms with Crippen molar-refractivity contribution >= 4 is 17.9 Å². The molecule has 0 aromatic rings. The fourth-order valence-electron chi connectivity index (χ4n) is 2.69. The molecule has 0 aromatic heterocycles. The predicted molar refractivity (Wildman–Crippen MR) is 73.0 cm³/mol. The minimum Gasteiger partial charge on any atom is -0.481 e. The second-order valence-corrected chi connectivity index (χ2v) is 5.49. The first-order valence-electron chi connectivity index (χ1n) is 6.84. The molecule has 0 aromatic carbocycles. The van der Waals surface area contributed by atoms with Crippen LogP contribution in [0.3, 0.4) is 0 Å². The number of aliphatic carboxylic acids is 1. The van der Waals surface area contributed by atoms with Crippen molar-refractivity contribution in [1.82, 2.24) is 10.2 Å². The lowest BCUT2D eigenvalue weighted by Gasteiger charge is -2.43. The number of carbonyl (C=O) groups excluding carboxylic acids is 2. The number of carbonyl (C=O) groups is 3. The summed E-state index contributed by atoms with van der Waals surface area (Å²) in [5, 5.41) is 11.6. The van der Waals surface area contributed by atoms with E-state index in [1.54, 1.807) is 7.05 Å². The summed E-state index contributed by atoms with van der Waals surface area (Å²) in [6, 6.07) is -1.24. The van der Waals surface area contributed by atoms with Crippen molar-refractivity contribution in [3.63, 3.8) is 0 Å². The van der Waals surface area contributed by atoms with E-state index in [1.165, 1.54) is 11.8 Å². The van der Waals surface area contributed by atoms with E-state index in [0.717, 1.165) is 19.3 Å². The summed E-state index contributed by atoms with van der Waals surface area (Å²) in [6.07, 6.45) is 4.09. The van der Waals surface area contributed by atoms with Crippen molar-refractivity contribution in [2.75, 3.05) is 7.05 Å². The standard InChI is InChI=1S/C13H23N3O4/c1-9(11(14)19)15-12(20)16(2)13(8-10(17)18)6-4-3-5-7-13/h9H,3-8H2,1-2H3,(H2,14,19)(H,15,20)(H,17,18). The molecule has 0 aliphatic heterocycles. The zero-order chi connectivity index (χ0) is 15.3. The number of rotatable bonds is 5. The molecule has 0 saturated heterocycles. The normalized spacial score (nSPS) is 18.9. The lowest BCUT2D eigenvalue weighted by atomic mass is 9.78. The van der Waals surface area contributed by atoms with Crippen LogP contribution in [-0.2, 0) is 9.59 Å². The Morgan fingerprint density at radius 1 is 1.30 bits per heavy atom. The number of carboxylic acid groups (broad SMARTS) is 1. The van der Waals surface area contributed by atoms with Crippen molar-refractivity contribution in [3.8, 4) is 0 Å². The summed E-state index contributed by atoms with van der Waals surface area (Å²) >= 11 is 0. The zero-order valence-corrected chi connectivity index (χ0v) is 12.0. The molecule has 1 unspecified atom stereocenters. The largest absolute Gasteiger partial charge is 0.481 e. The molecular formula is C13H23N3O4. The number of primary amides is 1. The van der Waals surface area contributed by atoms with E-state index < -0.39 is 29.5 Å². The van der Waals surface area contributed by atoms with Crippen LogP contribution in [0.2, 0.25) is 0 Å². The second kappa shape index (κ2) is 6.58. The average molecular weight is 285 g/mol. The third-order valence-electron chi connectivity index (χ3n) is 4.05. The molecule has 0 heterocycles. The molecule has 1 rings (SSSR count). The molecule has 0 bridgehead atoms. The number of hydrogen-bond acceptors (Lipinski definition) is 3. The Balaban J connectivity index is 2.81. The molecular weight excluding hydrogens is 262 g/mol. The molecule has 1 saturated carbocycles. The fraction of sp³-hybridized carbons (Fsp3) is 0.769. The summed E-state index contributed by atoms with van der Waals surface area (Å²) in [5.41, 5.74) is 4.44. The smallest absolute Gasteiger partial charge is 0.318 e. The molecule has 3 amide bonds. The summed E-state index contributed by atoms with van der Waals surface area (Å²) in [7, 11) is 1.58. The van der Waals surface area contributed by atoms with Crippen molar-refractivity contribution in [2.45, 2.75) is 57.0 Å². The Bertz CT molecular complexity index is 391. The van der Waals surface area contributed by atoms with Gasteiger partial charge in [0.05, 0.1) is 12.0 Å². The van der Waals surface area contributed by atoms with E-state index in [4.69, 9.17) is 10.8 Å². The van der Waals surface area contributed by atoms with Gasteiger partial charge in [0.2, 0.25) is 5.91 Å². The second-order valence-electron chi connectivity index (χ2n) is 5.49. The lowest BCUT2D eigenvalue weighted by Crippen LogP contribution is -2.57. The van der Waals surface area contributed by atoms with E-state index in [0.29, 0.717) is 12.8 Å². The third kappa shape index (κ3) is 3.85. The van der Waals surface area contributed by atoms with Gasteiger partial charge in [0.25, 0.3) is 0 Å². The Labute approximate surface area is 118 Å². The van der Waals surface area contributed by atoms with Gasteiger partial charge in [-0.15, -0.1) is 0 Å². The number of hydrogen-bond donors (Lipinski definition) is 3. The maximum Gasteiger partial charge on any atom is 0.318 e. The molecule has 7 heteroatoms. The SMILES string of the molecule is CC(NC(=O)N(C)C1(CC(=O)O)CCCCC1)C(N)=O. The average Bonchev–Trinajstić information content (AvgIpc) is 2.37. The maximum atomic E-state index is 12.2. The molecule has 1 aliphatic carbocycles. The van der Waals surface area contributed by atoms with Gasteiger partial charge in [0, 0.05) is 7.05 Å². The van der Waals surface area contributed by atoms with Gasteiger partial charge in [0.15, 0.2) is 0 Å². The van der Waals surface area contributed by atoms with Gasteiger partial charge in [0.1, 0.15) is 6.04 Å². The van der Waals surface area contributed by atoms with Crippen LogP contribution >= 0.6 is 0 Å². The molecule has 0 spiro atoms. The van der Waals surface area contributed by atoms with Crippen molar-refractivity contribution in [1.29, 1.82) is 0 Å². The maximum absolute atomic E-state index is 12.2. The van der Waals surface area contributed by atoms with Crippen LogP contribution in [0.1, 0.15) is 45.4 Å². The predicted octanol–water partition coefficient (Wildman–Crippen LogP) is 0.679. The number of amides is 3. The Hall–Kier alpha value is -1.79. The first kappa shape index (κ1) is 16.3. The summed E-state index contributed by atoms with van der Waals surface area (Å²) < 4.78 is 0. The Kier molecular flexibility index (Phi) is 5.35. The molecule has 20 heavy (non-hydrogen) atoms. The van der Waals surface area contributed by atoms with Gasteiger partial charge < -0.3 is 21.1 Å². The highest BCUT2D eigenvalue weighted by molar-refractivity contribution is 5.86. The van der Waals surface area contributed by atoms with Gasteiger partial charge in [-0.2, -0.15) is 0 Å². The van der Waals surface area contributed by atoms with Crippen molar-refractivity contribution < 1.29 is 19.5 Å². The van der Waals surface area contributed by atoms with E-state index in [1.807, 2.05) is 0 Å². The minimum absolute atomic E-state index is 0.0815. The monoisotopic (exact) mass is 285 g/mol. The van der Waals surface area contributed by atoms with Crippen LogP contribution in [0.25, 0.3) is 0 Å². The quantitative estimate of drug-likeness (QED) is 0.689. The van der Waals surface area contributed by atoms with Crippen LogP contribution in [-0.4, -0.2) is 46.5 Å². The first-order chi connectivity index (χ1) is 9.28. The van der Waals surface area contributed by atoms with Crippen LogP contribution in [0.4, 0.5) is 4.79 Å². The number of nitrogens with zero attached hydrogens (tertiary/aromatic N) is 1. The van der Waals surface area contributed by atoms with E-state index in [-0.39, 0.29) is 6.42 Å². The molecule has 1 atom stereocenters. The van der Waals surface area contributed by atoms with Crippen LogP contribution in [0, 0.1) is 0 Å². The van der Waals surface area contributed by atoms with Gasteiger partial charge in [-0.05, 0) is 19.8 Å². The topological polar surface area (TPSA) is 113 Å². The number of urea groups is 1. The van der Waals surface area contributed by atoms with Crippen LogP contribution in [0.15, 0.2) is 0 Å². The van der Waals surface area contributed by atoms with Gasteiger partial charge >= 0.3 is 12.0 Å². The highest BCUT2D eigenvalue weighted by atomic mass is 16.4. The van der Waals surface area contributed by atoms with Crippen LogP contribution < -0.4 is 11.1 Å².